The highest BCUT2D eigenvalue weighted by molar-refractivity contribution is 7.91. The van der Waals surface area contributed by atoms with Crippen LogP contribution < -0.4 is 0 Å². The average molecular weight is 337 g/mol. The normalized spacial score (nSPS) is 27.4. The van der Waals surface area contributed by atoms with Crippen LogP contribution in [0.3, 0.4) is 0 Å². The minimum absolute atomic E-state index is 0.00953. The number of fused-ring (bicyclic) bond motifs is 1. The Morgan fingerprint density at radius 1 is 1.22 bits per heavy atom. The van der Waals surface area contributed by atoms with E-state index in [0.29, 0.717) is 25.2 Å². The highest BCUT2D eigenvalue weighted by Crippen LogP contribution is 2.33. The predicted octanol–water partition coefficient (Wildman–Crippen LogP) is 2.61. The fourth-order valence-electron chi connectivity index (χ4n) is 3.51. The molecule has 2 aliphatic rings. The molecule has 6 heteroatoms. The molecule has 1 aliphatic carbocycles. The third kappa shape index (κ3) is 3.75. The van der Waals surface area contributed by atoms with Gasteiger partial charge in [0, 0.05) is 13.0 Å². The zero-order valence-electron chi connectivity index (χ0n) is 13.1. The average Bonchev–Trinajstić information content (AvgIpc) is 2.55. The molecule has 0 bridgehead atoms. The first-order valence-electron chi connectivity index (χ1n) is 8.25. The molecule has 1 heterocycles. The summed E-state index contributed by atoms with van der Waals surface area (Å²) >= 11 is 0. The molecule has 1 aromatic rings. The molecule has 23 heavy (non-hydrogen) atoms. The highest BCUT2D eigenvalue weighted by atomic mass is 32.2. The van der Waals surface area contributed by atoms with E-state index in [0.717, 1.165) is 24.8 Å². The second-order valence-electron chi connectivity index (χ2n) is 6.30. The van der Waals surface area contributed by atoms with Crippen molar-refractivity contribution in [3.05, 3.63) is 35.9 Å². The Morgan fingerprint density at radius 3 is 2.70 bits per heavy atom. The van der Waals surface area contributed by atoms with Crippen LogP contribution in [0.15, 0.2) is 34.7 Å². The van der Waals surface area contributed by atoms with Gasteiger partial charge in [-0.1, -0.05) is 36.8 Å². The molecule has 1 N–H and O–H groups in total. The first-order valence-corrected chi connectivity index (χ1v) is 9.75. The summed E-state index contributed by atoms with van der Waals surface area (Å²) in [6.07, 6.45) is 4.05. The van der Waals surface area contributed by atoms with Crippen molar-refractivity contribution in [2.24, 2.45) is 4.40 Å². The molecule has 126 valence electrons. The Labute approximate surface area is 137 Å². The molecule has 0 aromatic heterocycles. The minimum atomic E-state index is -3.48. The van der Waals surface area contributed by atoms with E-state index in [2.05, 4.69) is 4.40 Å². The Kier molecular flexibility index (Phi) is 5.02. The van der Waals surface area contributed by atoms with Gasteiger partial charge in [-0.3, -0.25) is 0 Å². The van der Waals surface area contributed by atoms with E-state index in [1.165, 1.54) is 0 Å². The van der Waals surface area contributed by atoms with Crippen LogP contribution in [0.5, 0.6) is 0 Å². The van der Waals surface area contributed by atoms with Gasteiger partial charge in [0.15, 0.2) is 0 Å². The van der Waals surface area contributed by atoms with Crippen LogP contribution in [0.2, 0.25) is 0 Å². The molecule has 1 saturated carbocycles. The molecule has 3 atom stereocenters. The molecule has 0 radical (unpaired) electrons. The summed E-state index contributed by atoms with van der Waals surface area (Å²) in [7, 11) is -3.48. The maximum absolute atomic E-state index is 12.4. The Bertz CT molecular complexity index is 656. The lowest BCUT2D eigenvalue weighted by atomic mass is 9.92. The predicted molar refractivity (Wildman–Crippen MR) is 89.0 cm³/mol. The van der Waals surface area contributed by atoms with Gasteiger partial charge in [0.25, 0.3) is 10.0 Å². The van der Waals surface area contributed by atoms with Crippen molar-refractivity contribution in [3.63, 3.8) is 0 Å². The summed E-state index contributed by atoms with van der Waals surface area (Å²) < 4.78 is 34.6. The fourth-order valence-corrected chi connectivity index (χ4v) is 5.08. The largest absolute Gasteiger partial charge is 0.475 e. The minimum Gasteiger partial charge on any atom is -0.475 e. The van der Waals surface area contributed by atoms with Gasteiger partial charge >= 0.3 is 0 Å². The van der Waals surface area contributed by atoms with E-state index in [-0.39, 0.29) is 18.6 Å². The van der Waals surface area contributed by atoms with Gasteiger partial charge in [-0.25, -0.2) is 8.42 Å². The van der Waals surface area contributed by atoms with Crippen LogP contribution >= 0.6 is 0 Å². The molecular weight excluding hydrogens is 314 g/mol. The van der Waals surface area contributed by atoms with Crippen molar-refractivity contribution in [3.8, 4) is 0 Å². The smallest absolute Gasteiger partial charge is 0.262 e. The van der Waals surface area contributed by atoms with Crippen LogP contribution in [0.25, 0.3) is 0 Å². The summed E-state index contributed by atoms with van der Waals surface area (Å²) in [5.74, 6) is 0.311. The third-order valence-electron chi connectivity index (χ3n) is 4.71. The number of rotatable bonds is 5. The topological polar surface area (TPSA) is 76.0 Å². The number of benzene rings is 1. The van der Waals surface area contributed by atoms with Crippen LogP contribution in [0.4, 0.5) is 0 Å². The fraction of sp³-hybridized carbons (Fsp3) is 0.588. The first-order chi connectivity index (χ1) is 11.1. The van der Waals surface area contributed by atoms with Gasteiger partial charge in [0.05, 0.1) is 0 Å². The molecule has 2 unspecified atom stereocenters. The monoisotopic (exact) mass is 337 g/mol. The summed E-state index contributed by atoms with van der Waals surface area (Å²) in [6, 6.07) is 9.79. The van der Waals surface area contributed by atoms with Crippen LogP contribution in [-0.2, 0) is 14.8 Å². The van der Waals surface area contributed by atoms with Crippen molar-refractivity contribution in [1.29, 1.82) is 0 Å². The van der Waals surface area contributed by atoms with E-state index in [1.807, 2.05) is 30.3 Å². The molecule has 5 nitrogen and oxygen atoms in total. The second-order valence-corrected chi connectivity index (χ2v) is 8.12. The number of hydrogen-bond acceptors (Lipinski definition) is 4. The summed E-state index contributed by atoms with van der Waals surface area (Å²) in [5.41, 5.74) is 1.07. The van der Waals surface area contributed by atoms with Gasteiger partial charge < -0.3 is 9.84 Å². The zero-order valence-corrected chi connectivity index (χ0v) is 13.9. The number of ether oxygens (including phenoxy) is 1. The Balaban J connectivity index is 1.81. The first kappa shape index (κ1) is 16.5. The van der Waals surface area contributed by atoms with Crippen molar-refractivity contribution >= 4 is 15.9 Å². The van der Waals surface area contributed by atoms with Gasteiger partial charge in [0.1, 0.15) is 11.4 Å². The van der Waals surface area contributed by atoms with Crippen LogP contribution in [-0.4, -0.2) is 37.4 Å². The van der Waals surface area contributed by atoms with Gasteiger partial charge in [-0.05, 0) is 37.2 Å². The van der Waals surface area contributed by atoms with Gasteiger partial charge in [0.2, 0.25) is 5.90 Å². The van der Waals surface area contributed by atoms with E-state index < -0.39 is 15.3 Å². The standard InChI is InChI=1S/C17H23NO4S/c19-11-10-14(13-6-2-1-3-7-13)12-17-18-23(20,21)16-9-5-4-8-15(16)22-17/h1-3,6-7,14-16,19H,4-5,8-12H2/t14-,15?,16?/m1/s1. The van der Waals surface area contributed by atoms with E-state index in [4.69, 9.17) is 4.74 Å². The van der Waals surface area contributed by atoms with Gasteiger partial charge in [-0.15, -0.1) is 4.40 Å². The second kappa shape index (κ2) is 7.01. The maximum Gasteiger partial charge on any atom is 0.262 e. The third-order valence-corrected chi connectivity index (χ3v) is 6.47. The van der Waals surface area contributed by atoms with Crippen LogP contribution in [0.1, 0.15) is 50.0 Å². The molecule has 0 saturated heterocycles. The maximum atomic E-state index is 12.4. The molecule has 3 rings (SSSR count). The number of hydrogen-bond donors (Lipinski definition) is 1. The highest BCUT2D eigenvalue weighted by Gasteiger charge is 2.41. The number of nitrogens with zero attached hydrogens (tertiary/aromatic N) is 1. The SMILES string of the molecule is O=S1(=O)N=C(C[C@@H](CCO)c2ccccc2)OC2CCCCC21. The van der Waals surface area contributed by atoms with Crippen molar-refractivity contribution in [2.75, 3.05) is 6.61 Å². The number of sulfonamides is 1. The molecule has 0 amide bonds. The molecule has 1 aliphatic heterocycles. The zero-order chi connectivity index (χ0) is 16.3. The summed E-state index contributed by atoms with van der Waals surface area (Å²) in [6.45, 7) is 0.0473. The quantitative estimate of drug-likeness (QED) is 0.896. The molecule has 1 fully saturated rings. The van der Waals surface area contributed by atoms with Crippen molar-refractivity contribution < 1.29 is 18.3 Å². The van der Waals surface area contributed by atoms with E-state index in [1.54, 1.807) is 0 Å². The van der Waals surface area contributed by atoms with Crippen molar-refractivity contribution in [1.82, 2.24) is 0 Å². The molecule has 0 spiro atoms. The Hall–Kier alpha value is -1.40. The van der Waals surface area contributed by atoms with Crippen molar-refractivity contribution in [2.45, 2.75) is 55.8 Å². The number of aliphatic hydroxyl groups excluding tert-OH is 1. The van der Waals surface area contributed by atoms with E-state index >= 15 is 0 Å². The summed E-state index contributed by atoms with van der Waals surface area (Å²) in [4.78, 5) is 0. The number of aliphatic hydroxyl groups is 1. The molecule has 1 aromatic carbocycles. The Morgan fingerprint density at radius 2 is 1.96 bits per heavy atom. The lowest BCUT2D eigenvalue weighted by molar-refractivity contribution is 0.134. The van der Waals surface area contributed by atoms with Gasteiger partial charge in [-0.2, -0.15) is 0 Å². The van der Waals surface area contributed by atoms with Crippen LogP contribution in [0, 0.1) is 0 Å². The lowest BCUT2D eigenvalue weighted by Crippen LogP contribution is -2.43. The summed E-state index contributed by atoms with van der Waals surface area (Å²) in [5, 5.41) is 8.84. The van der Waals surface area contributed by atoms with E-state index in [9.17, 15) is 13.5 Å². The lowest BCUT2D eigenvalue weighted by Gasteiger charge is -2.34. The molecular formula is C17H23NO4S.